The molecule has 0 spiro atoms. The van der Waals surface area contributed by atoms with Crippen molar-refractivity contribution in [2.75, 3.05) is 23.9 Å². The molecule has 6 nitrogen and oxygen atoms in total. The maximum Gasteiger partial charge on any atom is 0.573 e. The summed E-state index contributed by atoms with van der Waals surface area (Å²) in [6.07, 6.45) is -1.92. The van der Waals surface area contributed by atoms with E-state index in [1.807, 2.05) is 25.8 Å². The molecule has 2 aromatic rings. The van der Waals surface area contributed by atoms with Gasteiger partial charge in [-0.25, -0.2) is 9.97 Å². The highest BCUT2D eigenvalue weighted by molar-refractivity contribution is 8.00. The fourth-order valence-electron chi connectivity index (χ4n) is 4.19. The summed E-state index contributed by atoms with van der Waals surface area (Å²) in [5.41, 5.74) is 1.56. The second-order valence-corrected chi connectivity index (χ2v) is 9.76. The number of nitrogens with zero attached hydrogens (tertiary/aromatic N) is 4. The number of fused-ring (bicyclic) bond motifs is 1. The number of likely N-dealkylation sites (N-methyl/N-ethyl adjacent to an activating group) is 2. The molecule has 32 heavy (non-hydrogen) atoms. The molecule has 172 valence electrons. The lowest BCUT2D eigenvalue weighted by molar-refractivity contribution is -0.274. The Hall–Kier alpha value is -2.49. The molecule has 1 aliphatic carbocycles. The Labute approximate surface area is 189 Å². The van der Waals surface area contributed by atoms with Gasteiger partial charge in [-0.05, 0) is 56.9 Å². The van der Waals surface area contributed by atoms with Crippen LogP contribution >= 0.6 is 11.8 Å². The second-order valence-electron chi connectivity index (χ2n) is 8.38. The first-order valence-electron chi connectivity index (χ1n) is 10.4. The molecule has 2 heterocycles. The van der Waals surface area contributed by atoms with Crippen molar-refractivity contribution in [3.63, 3.8) is 0 Å². The van der Waals surface area contributed by atoms with Gasteiger partial charge in [-0.15, -0.1) is 24.9 Å². The highest BCUT2D eigenvalue weighted by Gasteiger charge is 2.36. The number of carbonyl (C=O) groups excluding carboxylic acids is 1. The Morgan fingerprint density at radius 1 is 1.16 bits per heavy atom. The van der Waals surface area contributed by atoms with Gasteiger partial charge in [0.2, 0.25) is 5.91 Å². The summed E-state index contributed by atoms with van der Waals surface area (Å²) in [6, 6.07) is 5.73. The predicted octanol–water partition coefficient (Wildman–Crippen LogP) is 4.60. The zero-order chi connectivity index (χ0) is 23.2. The van der Waals surface area contributed by atoms with Gasteiger partial charge in [0.15, 0.2) is 5.82 Å². The van der Waals surface area contributed by atoms with Crippen molar-refractivity contribution in [2.45, 2.75) is 55.7 Å². The van der Waals surface area contributed by atoms with Crippen molar-refractivity contribution in [3.05, 3.63) is 35.8 Å². The van der Waals surface area contributed by atoms with Gasteiger partial charge in [0.1, 0.15) is 23.3 Å². The third-order valence-corrected chi connectivity index (χ3v) is 7.31. The average molecular weight is 467 g/mol. The monoisotopic (exact) mass is 466 g/mol. The number of aryl methyl sites for hydroxylation is 1. The first-order chi connectivity index (χ1) is 15.0. The highest BCUT2D eigenvalue weighted by atomic mass is 32.2. The van der Waals surface area contributed by atoms with Gasteiger partial charge >= 0.3 is 6.36 Å². The quantitative estimate of drug-likeness (QED) is 0.642. The number of rotatable bonds is 5. The minimum atomic E-state index is -4.68. The fraction of sp³-hybridized carbons (Fsp3) is 0.500. The van der Waals surface area contributed by atoms with Crippen molar-refractivity contribution in [1.29, 1.82) is 0 Å². The van der Waals surface area contributed by atoms with Crippen molar-refractivity contribution in [3.8, 4) is 5.75 Å². The van der Waals surface area contributed by atoms with Gasteiger partial charge in [-0.1, -0.05) is 0 Å². The Morgan fingerprint density at radius 2 is 1.81 bits per heavy atom. The van der Waals surface area contributed by atoms with Gasteiger partial charge < -0.3 is 14.5 Å². The van der Waals surface area contributed by atoms with Crippen molar-refractivity contribution in [2.24, 2.45) is 5.92 Å². The molecular formula is C22H25F3N4O2S. The molecule has 1 fully saturated rings. The molecule has 0 unspecified atom stereocenters. The molecule has 0 saturated heterocycles. The van der Waals surface area contributed by atoms with Crippen LogP contribution in [0, 0.1) is 12.8 Å². The number of thioether (sulfide) groups is 1. The van der Waals surface area contributed by atoms with Gasteiger partial charge in [0, 0.05) is 30.7 Å². The van der Waals surface area contributed by atoms with Crippen LogP contribution in [0.3, 0.4) is 0 Å². The van der Waals surface area contributed by atoms with Crippen LogP contribution in [0.5, 0.6) is 5.75 Å². The van der Waals surface area contributed by atoms with Crippen molar-refractivity contribution in [1.82, 2.24) is 9.97 Å². The van der Waals surface area contributed by atoms with Crippen LogP contribution in [0.15, 0.2) is 29.2 Å². The Morgan fingerprint density at radius 3 is 2.44 bits per heavy atom. The van der Waals surface area contributed by atoms with E-state index in [0.717, 1.165) is 47.2 Å². The smallest absolute Gasteiger partial charge is 0.406 e. The standard InChI is InChI=1S/C22H25F3N4O2S/c1-12-19-20(28(3)13(2)21(30)29(19)4)27-18(26-12)11-14-9-17(10-14)32-16-7-5-15(6-8-16)31-22(23,24)25/h5-8,13-14,17H,9-11H2,1-4H3/t13-,14?,17?/m0/s1. The van der Waals surface area contributed by atoms with Crippen molar-refractivity contribution >= 4 is 29.2 Å². The van der Waals surface area contributed by atoms with Crippen LogP contribution < -0.4 is 14.5 Å². The van der Waals surface area contributed by atoms with E-state index in [4.69, 9.17) is 4.98 Å². The maximum absolute atomic E-state index is 12.4. The summed E-state index contributed by atoms with van der Waals surface area (Å²) in [4.78, 5) is 26.3. The lowest BCUT2D eigenvalue weighted by Gasteiger charge is -2.38. The van der Waals surface area contributed by atoms with Crippen LogP contribution in [0.2, 0.25) is 0 Å². The minimum Gasteiger partial charge on any atom is -0.406 e. The Bertz CT molecular complexity index is 1010. The molecular weight excluding hydrogens is 441 g/mol. The molecule has 1 aliphatic heterocycles. The number of ether oxygens (including phenoxy) is 1. The van der Waals surface area contributed by atoms with E-state index in [9.17, 15) is 18.0 Å². The summed E-state index contributed by atoms with van der Waals surface area (Å²) >= 11 is 1.67. The summed E-state index contributed by atoms with van der Waals surface area (Å²) in [5.74, 6) is 1.85. The fourth-order valence-corrected chi connectivity index (χ4v) is 5.60. The van der Waals surface area contributed by atoms with E-state index in [0.29, 0.717) is 11.2 Å². The largest absolute Gasteiger partial charge is 0.573 e. The van der Waals surface area contributed by atoms with Crippen LogP contribution in [0.25, 0.3) is 0 Å². The second kappa shape index (κ2) is 8.46. The first-order valence-corrected chi connectivity index (χ1v) is 11.3. The molecule has 2 aliphatic rings. The van der Waals surface area contributed by atoms with E-state index >= 15 is 0 Å². The molecule has 10 heteroatoms. The summed E-state index contributed by atoms with van der Waals surface area (Å²) in [7, 11) is 3.64. The van der Waals surface area contributed by atoms with E-state index in [2.05, 4.69) is 9.72 Å². The zero-order valence-corrected chi connectivity index (χ0v) is 19.1. The molecule has 4 rings (SSSR count). The Kier molecular flexibility index (Phi) is 6.00. The number of benzene rings is 1. The topological polar surface area (TPSA) is 58.6 Å². The predicted molar refractivity (Wildman–Crippen MR) is 117 cm³/mol. The van der Waals surface area contributed by atoms with Crippen LogP contribution in [-0.4, -0.2) is 47.6 Å². The normalized spacial score (nSPS) is 23.1. The number of carbonyl (C=O) groups is 1. The van der Waals surface area contributed by atoms with E-state index in [1.165, 1.54) is 12.1 Å². The summed E-state index contributed by atoms with van der Waals surface area (Å²) in [5, 5.41) is 0.416. The van der Waals surface area contributed by atoms with Crippen LogP contribution in [0.4, 0.5) is 24.7 Å². The van der Waals surface area contributed by atoms with Crippen LogP contribution in [0.1, 0.15) is 31.3 Å². The number of hydrogen-bond donors (Lipinski definition) is 0. The van der Waals surface area contributed by atoms with Gasteiger partial charge in [0.25, 0.3) is 0 Å². The molecule has 0 bridgehead atoms. The van der Waals surface area contributed by atoms with E-state index in [1.54, 1.807) is 35.8 Å². The number of aromatic nitrogens is 2. The highest BCUT2D eigenvalue weighted by Crippen LogP contribution is 2.43. The van der Waals surface area contributed by atoms with E-state index < -0.39 is 6.36 Å². The lowest BCUT2D eigenvalue weighted by Crippen LogP contribution is -2.50. The number of hydrogen-bond acceptors (Lipinski definition) is 6. The molecule has 1 aromatic carbocycles. The molecule has 0 radical (unpaired) electrons. The lowest BCUT2D eigenvalue weighted by atomic mass is 9.82. The van der Waals surface area contributed by atoms with Gasteiger partial charge in [-0.3, -0.25) is 4.79 Å². The average Bonchev–Trinajstić information content (AvgIpc) is 2.69. The number of halogens is 3. The Balaban J connectivity index is 1.35. The van der Waals surface area contributed by atoms with E-state index in [-0.39, 0.29) is 17.7 Å². The van der Waals surface area contributed by atoms with Gasteiger partial charge in [-0.2, -0.15) is 0 Å². The molecule has 1 aromatic heterocycles. The molecule has 1 amide bonds. The summed E-state index contributed by atoms with van der Waals surface area (Å²) in [6.45, 7) is 3.78. The van der Waals surface area contributed by atoms with Crippen molar-refractivity contribution < 1.29 is 22.7 Å². The maximum atomic E-state index is 12.4. The third kappa shape index (κ3) is 4.65. The minimum absolute atomic E-state index is 0.0244. The number of amides is 1. The van der Waals surface area contributed by atoms with Gasteiger partial charge in [0.05, 0.1) is 5.69 Å². The SMILES string of the molecule is Cc1nc(CC2CC(Sc3ccc(OC(F)(F)F)cc3)C2)nc2c1N(C)C(=O)[C@H](C)N2C. The molecule has 1 saturated carbocycles. The molecule has 1 atom stereocenters. The molecule has 0 N–H and O–H groups in total. The zero-order valence-electron chi connectivity index (χ0n) is 18.3. The summed E-state index contributed by atoms with van der Waals surface area (Å²) < 4.78 is 40.7. The van der Waals surface area contributed by atoms with Crippen LogP contribution in [-0.2, 0) is 11.2 Å². The number of alkyl halides is 3. The third-order valence-electron chi connectivity index (χ3n) is 6.05. The number of anilines is 2. The first kappa shape index (κ1) is 22.7.